The van der Waals surface area contributed by atoms with Crippen LogP contribution in [0.15, 0.2) is 11.4 Å². The molecule has 1 fully saturated rings. The lowest BCUT2D eigenvalue weighted by Crippen LogP contribution is -2.45. The zero-order chi connectivity index (χ0) is 12.3. The predicted molar refractivity (Wildman–Crippen MR) is 68.7 cm³/mol. The Labute approximate surface area is 105 Å². The molecule has 0 aromatic carbocycles. The Morgan fingerprint density at radius 1 is 1.35 bits per heavy atom. The SMILES string of the molecule is CCN1CCN(Cc2ccsc2C(=O)O)CC1. The van der Waals surface area contributed by atoms with E-state index in [0.29, 0.717) is 4.88 Å². The summed E-state index contributed by atoms with van der Waals surface area (Å²) in [7, 11) is 0. The number of carboxylic acid groups (broad SMARTS) is 1. The van der Waals surface area contributed by atoms with Gasteiger partial charge in [-0.3, -0.25) is 4.90 Å². The summed E-state index contributed by atoms with van der Waals surface area (Å²) in [6, 6.07) is 1.93. The first-order valence-electron chi connectivity index (χ1n) is 5.95. The Morgan fingerprint density at radius 2 is 2.00 bits per heavy atom. The normalized spacial score (nSPS) is 18.4. The highest BCUT2D eigenvalue weighted by Gasteiger charge is 2.18. The number of nitrogens with zero attached hydrogens (tertiary/aromatic N) is 2. The van der Waals surface area contributed by atoms with Crippen LogP contribution in [0.4, 0.5) is 0 Å². The molecule has 2 heterocycles. The van der Waals surface area contributed by atoms with Crippen molar-refractivity contribution in [2.45, 2.75) is 13.5 Å². The molecule has 1 saturated heterocycles. The molecule has 5 heteroatoms. The highest BCUT2D eigenvalue weighted by atomic mass is 32.1. The van der Waals surface area contributed by atoms with Crippen molar-refractivity contribution >= 4 is 17.3 Å². The molecular formula is C12H18N2O2S. The summed E-state index contributed by atoms with van der Waals surface area (Å²) >= 11 is 1.31. The van der Waals surface area contributed by atoms with E-state index in [1.807, 2.05) is 11.4 Å². The molecule has 0 unspecified atom stereocenters. The molecule has 17 heavy (non-hydrogen) atoms. The first kappa shape index (κ1) is 12.5. The molecule has 1 aliphatic heterocycles. The molecule has 0 spiro atoms. The van der Waals surface area contributed by atoms with Crippen molar-refractivity contribution < 1.29 is 9.90 Å². The summed E-state index contributed by atoms with van der Waals surface area (Å²) in [6.45, 7) is 8.28. The van der Waals surface area contributed by atoms with Gasteiger partial charge in [-0.15, -0.1) is 11.3 Å². The van der Waals surface area contributed by atoms with E-state index >= 15 is 0 Å². The molecule has 0 aliphatic carbocycles. The van der Waals surface area contributed by atoms with Crippen molar-refractivity contribution in [1.82, 2.24) is 9.80 Å². The van der Waals surface area contributed by atoms with E-state index in [-0.39, 0.29) is 0 Å². The molecule has 0 radical (unpaired) electrons. The number of thiophene rings is 1. The quantitative estimate of drug-likeness (QED) is 0.886. The zero-order valence-electron chi connectivity index (χ0n) is 10.1. The Bertz CT molecular complexity index is 384. The first-order valence-corrected chi connectivity index (χ1v) is 6.83. The van der Waals surface area contributed by atoms with E-state index in [4.69, 9.17) is 5.11 Å². The van der Waals surface area contributed by atoms with Gasteiger partial charge in [-0.05, 0) is 23.6 Å². The van der Waals surface area contributed by atoms with Crippen LogP contribution in [-0.2, 0) is 6.54 Å². The lowest BCUT2D eigenvalue weighted by Gasteiger charge is -2.33. The fraction of sp³-hybridized carbons (Fsp3) is 0.583. The smallest absolute Gasteiger partial charge is 0.346 e. The molecule has 2 rings (SSSR count). The van der Waals surface area contributed by atoms with Gasteiger partial charge in [-0.1, -0.05) is 6.92 Å². The van der Waals surface area contributed by atoms with Gasteiger partial charge >= 0.3 is 5.97 Å². The van der Waals surface area contributed by atoms with Gasteiger partial charge in [0.15, 0.2) is 0 Å². The van der Waals surface area contributed by atoms with Crippen molar-refractivity contribution in [1.29, 1.82) is 0 Å². The molecule has 0 atom stereocenters. The summed E-state index contributed by atoms with van der Waals surface area (Å²) < 4.78 is 0. The summed E-state index contributed by atoms with van der Waals surface area (Å²) in [5, 5.41) is 10.9. The minimum Gasteiger partial charge on any atom is -0.477 e. The second-order valence-electron chi connectivity index (χ2n) is 4.29. The van der Waals surface area contributed by atoms with Crippen molar-refractivity contribution in [2.75, 3.05) is 32.7 Å². The van der Waals surface area contributed by atoms with Gasteiger partial charge in [-0.2, -0.15) is 0 Å². The standard InChI is InChI=1S/C12H18N2O2S/c1-2-13-4-6-14(7-5-13)9-10-3-8-17-11(10)12(15)16/h3,8H,2,4-7,9H2,1H3,(H,15,16). The first-order chi connectivity index (χ1) is 8.20. The average Bonchev–Trinajstić information content (AvgIpc) is 2.78. The second kappa shape index (κ2) is 5.62. The van der Waals surface area contributed by atoms with Gasteiger partial charge in [-0.25, -0.2) is 4.79 Å². The molecule has 4 nitrogen and oxygen atoms in total. The van der Waals surface area contributed by atoms with E-state index in [9.17, 15) is 4.79 Å². The number of rotatable bonds is 4. The summed E-state index contributed by atoms with van der Waals surface area (Å²) in [5.74, 6) is -0.804. The van der Waals surface area contributed by atoms with E-state index in [1.165, 1.54) is 11.3 Å². The summed E-state index contributed by atoms with van der Waals surface area (Å²) in [5.41, 5.74) is 0.951. The topological polar surface area (TPSA) is 43.8 Å². The van der Waals surface area contributed by atoms with E-state index in [0.717, 1.165) is 44.8 Å². The number of hydrogen-bond acceptors (Lipinski definition) is 4. The van der Waals surface area contributed by atoms with Crippen LogP contribution in [0, 0.1) is 0 Å². The van der Waals surface area contributed by atoms with Crippen LogP contribution in [0.3, 0.4) is 0 Å². The lowest BCUT2D eigenvalue weighted by molar-refractivity contribution is 0.0698. The maximum Gasteiger partial charge on any atom is 0.346 e. The van der Waals surface area contributed by atoms with Crippen LogP contribution in [0.5, 0.6) is 0 Å². The van der Waals surface area contributed by atoms with Gasteiger partial charge in [0.1, 0.15) is 4.88 Å². The number of likely N-dealkylation sites (N-methyl/N-ethyl adjacent to an activating group) is 1. The highest BCUT2D eigenvalue weighted by molar-refractivity contribution is 7.12. The fourth-order valence-corrected chi connectivity index (χ4v) is 2.91. The molecule has 94 valence electrons. The maximum absolute atomic E-state index is 11.0. The van der Waals surface area contributed by atoms with E-state index < -0.39 is 5.97 Å². The Hall–Kier alpha value is -0.910. The van der Waals surface area contributed by atoms with Gasteiger partial charge in [0, 0.05) is 32.7 Å². The molecule has 1 N–H and O–H groups in total. The van der Waals surface area contributed by atoms with Crippen molar-refractivity contribution in [3.8, 4) is 0 Å². The van der Waals surface area contributed by atoms with Crippen LogP contribution < -0.4 is 0 Å². The van der Waals surface area contributed by atoms with E-state index in [1.54, 1.807) is 0 Å². The molecular weight excluding hydrogens is 236 g/mol. The van der Waals surface area contributed by atoms with Crippen molar-refractivity contribution in [2.24, 2.45) is 0 Å². The monoisotopic (exact) mass is 254 g/mol. The molecule has 1 aliphatic rings. The highest BCUT2D eigenvalue weighted by Crippen LogP contribution is 2.19. The van der Waals surface area contributed by atoms with Crippen LogP contribution >= 0.6 is 11.3 Å². The third kappa shape index (κ3) is 3.06. The van der Waals surface area contributed by atoms with Crippen molar-refractivity contribution in [3.05, 3.63) is 21.9 Å². The third-order valence-electron chi connectivity index (χ3n) is 3.25. The Balaban J connectivity index is 1.93. The minimum absolute atomic E-state index is 0.489. The molecule has 0 amide bonds. The van der Waals surface area contributed by atoms with Gasteiger partial charge < -0.3 is 10.0 Å². The number of carbonyl (C=O) groups is 1. The zero-order valence-corrected chi connectivity index (χ0v) is 10.9. The van der Waals surface area contributed by atoms with Gasteiger partial charge in [0.25, 0.3) is 0 Å². The second-order valence-corrected chi connectivity index (χ2v) is 5.21. The minimum atomic E-state index is -0.804. The van der Waals surface area contributed by atoms with Crippen LogP contribution in [-0.4, -0.2) is 53.6 Å². The molecule has 0 saturated carbocycles. The molecule has 0 bridgehead atoms. The molecule has 1 aromatic rings. The van der Waals surface area contributed by atoms with E-state index in [2.05, 4.69) is 16.7 Å². The summed E-state index contributed by atoms with van der Waals surface area (Å²) in [6.07, 6.45) is 0. The van der Waals surface area contributed by atoms with Crippen LogP contribution in [0.2, 0.25) is 0 Å². The average molecular weight is 254 g/mol. The predicted octanol–water partition coefficient (Wildman–Crippen LogP) is 1.58. The molecule has 1 aromatic heterocycles. The van der Waals surface area contributed by atoms with Gasteiger partial charge in [0.2, 0.25) is 0 Å². The fourth-order valence-electron chi connectivity index (χ4n) is 2.15. The Kier molecular flexibility index (Phi) is 4.15. The lowest BCUT2D eigenvalue weighted by atomic mass is 10.2. The third-order valence-corrected chi connectivity index (χ3v) is 4.19. The van der Waals surface area contributed by atoms with Crippen LogP contribution in [0.25, 0.3) is 0 Å². The number of aromatic carboxylic acids is 1. The summed E-state index contributed by atoms with van der Waals surface area (Å²) in [4.78, 5) is 16.2. The number of carboxylic acids is 1. The Morgan fingerprint density at radius 3 is 2.59 bits per heavy atom. The van der Waals surface area contributed by atoms with Crippen LogP contribution in [0.1, 0.15) is 22.2 Å². The number of piperazine rings is 1. The maximum atomic E-state index is 11.0. The van der Waals surface area contributed by atoms with Crippen molar-refractivity contribution in [3.63, 3.8) is 0 Å². The largest absolute Gasteiger partial charge is 0.477 e. The number of hydrogen-bond donors (Lipinski definition) is 1. The van der Waals surface area contributed by atoms with Gasteiger partial charge in [0.05, 0.1) is 0 Å².